The molecule has 0 fully saturated rings. The highest BCUT2D eigenvalue weighted by molar-refractivity contribution is 5.29. The van der Waals surface area contributed by atoms with E-state index in [9.17, 15) is 10.2 Å². The minimum absolute atomic E-state index is 0.202. The van der Waals surface area contributed by atoms with E-state index in [2.05, 4.69) is 18.7 Å². The van der Waals surface area contributed by atoms with Gasteiger partial charge in [-0.3, -0.25) is 4.90 Å². The molecular weight excluding hydrogens is 214 g/mol. The van der Waals surface area contributed by atoms with Crippen molar-refractivity contribution in [2.24, 2.45) is 0 Å². The van der Waals surface area contributed by atoms with Gasteiger partial charge in [0.05, 0.1) is 6.10 Å². The lowest BCUT2D eigenvalue weighted by molar-refractivity contribution is 0.0918. The molecule has 0 aliphatic rings. The van der Waals surface area contributed by atoms with Crippen molar-refractivity contribution >= 4 is 0 Å². The second-order valence-corrected chi connectivity index (χ2v) is 4.42. The zero-order chi connectivity index (χ0) is 12.8. The first-order chi connectivity index (χ1) is 8.08. The number of hydrogen-bond acceptors (Lipinski definition) is 3. The maximum atomic E-state index is 9.72. The molecule has 0 heterocycles. The summed E-state index contributed by atoms with van der Waals surface area (Å²) in [6.07, 6.45) is 0.484. The summed E-state index contributed by atoms with van der Waals surface area (Å²) in [5.74, 6) is 0.293. The number of phenols is 1. The van der Waals surface area contributed by atoms with Gasteiger partial charge in [-0.15, -0.1) is 0 Å². The van der Waals surface area contributed by atoms with Crippen molar-refractivity contribution < 1.29 is 10.2 Å². The summed E-state index contributed by atoms with van der Waals surface area (Å²) >= 11 is 0. The molecule has 0 aliphatic carbocycles. The lowest BCUT2D eigenvalue weighted by atomic mass is 10.1. The van der Waals surface area contributed by atoms with Gasteiger partial charge in [0.25, 0.3) is 0 Å². The SMILES string of the molecule is CC[C@@H](O)CN(CC)[C@H](C)c1cccc(O)c1. The topological polar surface area (TPSA) is 43.7 Å². The second kappa shape index (κ2) is 6.62. The van der Waals surface area contributed by atoms with Crippen molar-refractivity contribution in [1.82, 2.24) is 4.90 Å². The molecule has 3 nitrogen and oxygen atoms in total. The minimum atomic E-state index is -0.283. The molecule has 0 aromatic heterocycles. The highest BCUT2D eigenvalue weighted by Crippen LogP contribution is 2.23. The van der Waals surface area contributed by atoms with E-state index in [1.165, 1.54) is 0 Å². The van der Waals surface area contributed by atoms with Crippen LogP contribution in [0.25, 0.3) is 0 Å². The summed E-state index contributed by atoms with van der Waals surface area (Å²) in [5.41, 5.74) is 1.08. The Morgan fingerprint density at radius 3 is 2.53 bits per heavy atom. The van der Waals surface area contributed by atoms with Crippen molar-refractivity contribution in [2.75, 3.05) is 13.1 Å². The average Bonchev–Trinajstić information content (AvgIpc) is 2.34. The Kier molecular flexibility index (Phi) is 5.45. The van der Waals surface area contributed by atoms with Gasteiger partial charge < -0.3 is 10.2 Å². The molecule has 3 heteroatoms. The third kappa shape index (κ3) is 4.02. The number of aliphatic hydroxyl groups excluding tert-OH is 1. The monoisotopic (exact) mass is 237 g/mol. The number of aromatic hydroxyl groups is 1. The van der Waals surface area contributed by atoms with Crippen molar-refractivity contribution in [3.05, 3.63) is 29.8 Å². The smallest absolute Gasteiger partial charge is 0.115 e. The number of phenolic OH excluding ortho intramolecular Hbond substituents is 1. The van der Waals surface area contributed by atoms with Crippen LogP contribution < -0.4 is 0 Å². The van der Waals surface area contributed by atoms with Crippen molar-refractivity contribution in [1.29, 1.82) is 0 Å². The maximum absolute atomic E-state index is 9.72. The van der Waals surface area contributed by atoms with E-state index in [0.717, 1.165) is 18.5 Å². The quantitative estimate of drug-likeness (QED) is 0.799. The molecule has 0 saturated heterocycles. The van der Waals surface area contributed by atoms with Gasteiger partial charge in [0.2, 0.25) is 0 Å². The number of nitrogens with zero attached hydrogens (tertiary/aromatic N) is 1. The fraction of sp³-hybridized carbons (Fsp3) is 0.571. The lowest BCUT2D eigenvalue weighted by Crippen LogP contribution is -2.34. The Morgan fingerprint density at radius 2 is 2.00 bits per heavy atom. The van der Waals surface area contributed by atoms with Crippen LogP contribution in [0.1, 0.15) is 38.8 Å². The van der Waals surface area contributed by atoms with E-state index in [0.29, 0.717) is 12.3 Å². The first kappa shape index (κ1) is 14.0. The van der Waals surface area contributed by atoms with Gasteiger partial charge in [0.15, 0.2) is 0 Å². The third-order valence-electron chi connectivity index (χ3n) is 3.22. The van der Waals surface area contributed by atoms with Crippen LogP contribution in [0.4, 0.5) is 0 Å². The molecule has 1 aromatic carbocycles. The molecule has 0 spiro atoms. The standard InChI is InChI=1S/C14H23NO2/c1-4-13(16)10-15(5-2)11(3)12-7-6-8-14(17)9-12/h6-9,11,13,16-17H,4-5,10H2,1-3H3/t11-,13-/m1/s1. The number of benzene rings is 1. The third-order valence-corrected chi connectivity index (χ3v) is 3.22. The number of hydrogen-bond donors (Lipinski definition) is 2. The van der Waals surface area contributed by atoms with Gasteiger partial charge in [-0.2, -0.15) is 0 Å². The summed E-state index contributed by atoms with van der Waals surface area (Å²) in [7, 11) is 0. The van der Waals surface area contributed by atoms with Gasteiger partial charge in [-0.25, -0.2) is 0 Å². The predicted molar refractivity (Wildman–Crippen MR) is 70.1 cm³/mol. The summed E-state index contributed by atoms with van der Waals surface area (Å²) in [4.78, 5) is 2.21. The Hall–Kier alpha value is -1.06. The summed E-state index contributed by atoms with van der Waals surface area (Å²) in [6.45, 7) is 7.72. The van der Waals surface area contributed by atoms with Crippen molar-refractivity contribution in [2.45, 2.75) is 39.3 Å². The van der Waals surface area contributed by atoms with Gasteiger partial charge in [0.1, 0.15) is 5.75 Å². The van der Waals surface area contributed by atoms with Gasteiger partial charge in [-0.05, 0) is 37.6 Å². The van der Waals surface area contributed by atoms with E-state index in [4.69, 9.17) is 0 Å². The first-order valence-corrected chi connectivity index (χ1v) is 6.29. The molecule has 0 unspecified atom stereocenters. The molecule has 17 heavy (non-hydrogen) atoms. The molecule has 1 aromatic rings. The zero-order valence-electron chi connectivity index (χ0n) is 10.9. The van der Waals surface area contributed by atoms with E-state index >= 15 is 0 Å². The largest absolute Gasteiger partial charge is 0.508 e. The Morgan fingerprint density at radius 1 is 1.29 bits per heavy atom. The number of rotatable bonds is 6. The van der Waals surface area contributed by atoms with Crippen LogP contribution in [-0.4, -0.2) is 34.3 Å². The molecular formula is C14H23NO2. The number of aliphatic hydroxyl groups is 1. The summed E-state index contributed by atoms with van der Waals surface area (Å²) in [5, 5.41) is 19.2. The zero-order valence-corrected chi connectivity index (χ0v) is 10.9. The molecule has 0 amide bonds. The molecule has 0 bridgehead atoms. The van der Waals surface area contributed by atoms with Crippen LogP contribution in [0.2, 0.25) is 0 Å². The molecule has 2 N–H and O–H groups in total. The van der Waals surface area contributed by atoms with Gasteiger partial charge in [0, 0.05) is 12.6 Å². The van der Waals surface area contributed by atoms with Gasteiger partial charge >= 0.3 is 0 Å². The summed E-state index contributed by atoms with van der Waals surface area (Å²) in [6, 6.07) is 7.52. The molecule has 96 valence electrons. The highest BCUT2D eigenvalue weighted by atomic mass is 16.3. The summed E-state index contributed by atoms with van der Waals surface area (Å²) < 4.78 is 0. The second-order valence-electron chi connectivity index (χ2n) is 4.42. The van der Waals surface area contributed by atoms with Crippen LogP contribution in [-0.2, 0) is 0 Å². The molecule has 0 saturated carbocycles. The van der Waals surface area contributed by atoms with Crippen molar-refractivity contribution in [3.63, 3.8) is 0 Å². The molecule has 0 aliphatic heterocycles. The fourth-order valence-corrected chi connectivity index (χ4v) is 1.96. The Balaban J connectivity index is 2.75. The fourth-order valence-electron chi connectivity index (χ4n) is 1.96. The molecule has 2 atom stereocenters. The maximum Gasteiger partial charge on any atom is 0.115 e. The normalized spacial score (nSPS) is 14.9. The van der Waals surface area contributed by atoms with Crippen LogP contribution in [0.5, 0.6) is 5.75 Å². The van der Waals surface area contributed by atoms with E-state index in [1.54, 1.807) is 12.1 Å². The molecule has 0 radical (unpaired) electrons. The lowest BCUT2D eigenvalue weighted by Gasteiger charge is -2.30. The number of likely N-dealkylation sites (N-methyl/N-ethyl adjacent to an activating group) is 1. The van der Waals surface area contributed by atoms with Crippen LogP contribution >= 0.6 is 0 Å². The average molecular weight is 237 g/mol. The van der Waals surface area contributed by atoms with Crippen LogP contribution in [0.15, 0.2) is 24.3 Å². The predicted octanol–water partition coefficient (Wildman–Crippen LogP) is 2.55. The van der Waals surface area contributed by atoms with E-state index < -0.39 is 0 Å². The Bertz CT molecular complexity index is 341. The van der Waals surface area contributed by atoms with Crippen LogP contribution in [0, 0.1) is 0 Å². The Labute approximate surface area is 104 Å². The molecule has 1 rings (SSSR count). The van der Waals surface area contributed by atoms with Crippen molar-refractivity contribution in [3.8, 4) is 5.75 Å². The highest BCUT2D eigenvalue weighted by Gasteiger charge is 2.16. The van der Waals surface area contributed by atoms with Crippen LogP contribution in [0.3, 0.4) is 0 Å². The minimum Gasteiger partial charge on any atom is -0.508 e. The van der Waals surface area contributed by atoms with Gasteiger partial charge in [-0.1, -0.05) is 26.0 Å². The first-order valence-electron chi connectivity index (χ1n) is 6.29. The van der Waals surface area contributed by atoms with E-state index in [1.807, 2.05) is 19.1 Å². The van der Waals surface area contributed by atoms with E-state index in [-0.39, 0.29) is 12.1 Å².